The minimum atomic E-state index is 0.274. The molecule has 0 radical (unpaired) electrons. The van der Waals surface area contributed by atoms with Crippen LogP contribution in [0.1, 0.15) is 17.2 Å². The van der Waals surface area contributed by atoms with E-state index in [1.807, 2.05) is 25.1 Å². The van der Waals surface area contributed by atoms with Gasteiger partial charge >= 0.3 is 0 Å². The molecule has 1 fully saturated rings. The number of nitrogens with zero attached hydrogens (tertiary/aromatic N) is 4. The Morgan fingerprint density at radius 3 is 2.56 bits per heavy atom. The first kappa shape index (κ1) is 17.6. The third kappa shape index (κ3) is 4.67. The highest BCUT2D eigenvalue weighted by molar-refractivity contribution is 5.41. The summed E-state index contributed by atoms with van der Waals surface area (Å²) in [5.74, 6) is 1.56. The fourth-order valence-electron chi connectivity index (χ4n) is 3.01. The lowest BCUT2D eigenvalue weighted by Gasteiger charge is -2.35. The molecule has 0 aliphatic carbocycles. The molecule has 0 saturated carbocycles. The van der Waals surface area contributed by atoms with E-state index in [2.05, 4.69) is 51.4 Å². The van der Waals surface area contributed by atoms with Crippen LogP contribution < -0.4 is 10.2 Å². The molecule has 2 heterocycles. The SMILES string of the molecule is Cc1ccc(C(CNc2nccc(N(C)C)n2)N2CCOCC2)cc1. The minimum Gasteiger partial charge on any atom is -0.379 e. The van der Waals surface area contributed by atoms with Crippen LogP contribution in [0.25, 0.3) is 0 Å². The van der Waals surface area contributed by atoms with Crippen molar-refractivity contribution in [3.05, 3.63) is 47.7 Å². The minimum absolute atomic E-state index is 0.274. The Morgan fingerprint density at radius 1 is 1.16 bits per heavy atom. The van der Waals surface area contributed by atoms with Gasteiger partial charge in [0.2, 0.25) is 5.95 Å². The van der Waals surface area contributed by atoms with Crippen molar-refractivity contribution in [2.24, 2.45) is 0 Å². The summed E-state index contributed by atoms with van der Waals surface area (Å²) in [7, 11) is 3.96. The van der Waals surface area contributed by atoms with Crippen LogP contribution in [0.4, 0.5) is 11.8 Å². The van der Waals surface area contributed by atoms with Crippen LogP contribution in [0.2, 0.25) is 0 Å². The normalized spacial score (nSPS) is 16.4. The number of ether oxygens (including phenoxy) is 1. The molecule has 1 saturated heterocycles. The molecular formula is C19H27N5O. The summed E-state index contributed by atoms with van der Waals surface area (Å²) in [5, 5.41) is 3.42. The second-order valence-electron chi connectivity index (χ2n) is 6.59. The molecule has 1 aromatic heterocycles. The second kappa shape index (κ2) is 8.27. The fraction of sp³-hybridized carbons (Fsp3) is 0.474. The molecule has 134 valence electrons. The number of morpholine rings is 1. The van der Waals surface area contributed by atoms with E-state index in [0.717, 1.165) is 38.7 Å². The largest absolute Gasteiger partial charge is 0.379 e. The summed E-state index contributed by atoms with van der Waals surface area (Å²) in [4.78, 5) is 13.4. The van der Waals surface area contributed by atoms with Crippen LogP contribution in [-0.4, -0.2) is 61.8 Å². The highest BCUT2D eigenvalue weighted by Gasteiger charge is 2.22. The van der Waals surface area contributed by atoms with E-state index in [9.17, 15) is 0 Å². The van der Waals surface area contributed by atoms with Gasteiger partial charge in [-0.25, -0.2) is 4.98 Å². The van der Waals surface area contributed by atoms with Crippen molar-refractivity contribution >= 4 is 11.8 Å². The van der Waals surface area contributed by atoms with Gasteiger partial charge in [-0.3, -0.25) is 4.90 Å². The number of anilines is 2. The van der Waals surface area contributed by atoms with Crippen LogP contribution >= 0.6 is 0 Å². The average molecular weight is 341 g/mol. The topological polar surface area (TPSA) is 53.5 Å². The van der Waals surface area contributed by atoms with Crippen molar-refractivity contribution in [2.45, 2.75) is 13.0 Å². The number of hydrogen-bond acceptors (Lipinski definition) is 6. The quantitative estimate of drug-likeness (QED) is 0.870. The van der Waals surface area contributed by atoms with Crippen molar-refractivity contribution in [2.75, 3.05) is 57.2 Å². The lowest BCUT2D eigenvalue weighted by molar-refractivity contribution is 0.0187. The molecule has 3 rings (SSSR count). The molecule has 1 unspecified atom stereocenters. The Bertz CT molecular complexity index is 668. The predicted molar refractivity (Wildman–Crippen MR) is 101 cm³/mol. The Morgan fingerprint density at radius 2 is 1.88 bits per heavy atom. The van der Waals surface area contributed by atoms with Gasteiger partial charge in [-0.05, 0) is 18.6 Å². The molecule has 1 aromatic carbocycles. The van der Waals surface area contributed by atoms with Crippen molar-refractivity contribution in [1.82, 2.24) is 14.9 Å². The summed E-state index contributed by atoms with van der Waals surface area (Å²) in [5.41, 5.74) is 2.59. The van der Waals surface area contributed by atoms with E-state index in [1.165, 1.54) is 11.1 Å². The standard InChI is InChI=1S/C19H27N5O/c1-15-4-6-16(7-5-15)17(24-10-12-25-13-11-24)14-21-19-20-9-8-18(22-19)23(2)3/h4-9,17H,10-14H2,1-3H3,(H,20,21,22). The van der Waals surface area contributed by atoms with E-state index < -0.39 is 0 Å². The first-order valence-corrected chi connectivity index (χ1v) is 8.76. The van der Waals surface area contributed by atoms with Gasteiger partial charge < -0.3 is 15.0 Å². The van der Waals surface area contributed by atoms with Gasteiger partial charge in [0.1, 0.15) is 5.82 Å². The summed E-state index contributed by atoms with van der Waals surface area (Å²) < 4.78 is 5.52. The fourth-order valence-corrected chi connectivity index (χ4v) is 3.01. The number of aryl methyl sites for hydroxylation is 1. The third-order valence-electron chi connectivity index (χ3n) is 4.50. The van der Waals surface area contributed by atoms with E-state index in [-0.39, 0.29) is 6.04 Å². The van der Waals surface area contributed by atoms with Crippen molar-refractivity contribution in [3.63, 3.8) is 0 Å². The van der Waals surface area contributed by atoms with Crippen LogP contribution in [-0.2, 0) is 4.74 Å². The summed E-state index contributed by atoms with van der Waals surface area (Å²) in [6.07, 6.45) is 1.79. The molecule has 1 N–H and O–H groups in total. The summed E-state index contributed by atoms with van der Waals surface area (Å²) in [6.45, 7) is 6.34. The first-order valence-electron chi connectivity index (χ1n) is 8.76. The van der Waals surface area contributed by atoms with E-state index in [0.29, 0.717) is 5.95 Å². The molecule has 0 spiro atoms. The van der Waals surface area contributed by atoms with Crippen molar-refractivity contribution in [1.29, 1.82) is 0 Å². The number of nitrogens with one attached hydrogen (secondary N) is 1. The highest BCUT2D eigenvalue weighted by atomic mass is 16.5. The lowest BCUT2D eigenvalue weighted by Crippen LogP contribution is -2.41. The molecular weight excluding hydrogens is 314 g/mol. The number of rotatable bonds is 6. The maximum atomic E-state index is 5.52. The first-order chi connectivity index (χ1) is 12.1. The molecule has 1 atom stereocenters. The second-order valence-corrected chi connectivity index (χ2v) is 6.59. The Hall–Kier alpha value is -2.18. The van der Waals surface area contributed by atoms with Crippen LogP contribution in [0.15, 0.2) is 36.5 Å². The number of aromatic nitrogens is 2. The van der Waals surface area contributed by atoms with Gasteiger partial charge in [0.05, 0.1) is 19.3 Å². The molecule has 6 heteroatoms. The van der Waals surface area contributed by atoms with Crippen molar-refractivity contribution < 1.29 is 4.74 Å². The molecule has 1 aliphatic rings. The average Bonchev–Trinajstić information content (AvgIpc) is 2.64. The van der Waals surface area contributed by atoms with E-state index in [1.54, 1.807) is 6.20 Å². The van der Waals surface area contributed by atoms with Crippen LogP contribution in [0, 0.1) is 6.92 Å². The van der Waals surface area contributed by atoms with Crippen LogP contribution in [0.5, 0.6) is 0 Å². The smallest absolute Gasteiger partial charge is 0.224 e. The molecule has 0 amide bonds. The lowest BCUT2D eigenvalue weighted by atomic mass is 10.0. The van der Waals surface area contributed by atoms with Gasteiger partial charge in [0.25, 0.3) is 0 Å². The van der Waals surface area contributed by atoms with Gasteiger partial charge in [0.15, 0.2) is 0 Å². The van der Waals surface area contributed by atoms with Gasteiger partial charge in [0, 0.05) is 39.9 Å². The Kier molecular flexibility index (Phi) is 5.83. The number of benzene rings is 1. The molecule has 0 bridgehead atoms. The third-order valence-corrected chi connectivity index (χ3v) is 4.50. The maximum Gasteiger partial charge on any atom is 0.224 e. The van der Waals surface area contributed by atoms with E-state index >= 15 is 0 Å². The zero-order valence-corrected chi connectivity index (χ0v) is 15.3. The van der Waals surface area contributed by atoms with Crippen LogP contribution in [0.3, 0.4) is 0 Å². The maximum absolute atomic E-state index is 5.52. The highest BCUT2D eigenvalue weighted by Crippen LogP contribution is 2.23. The Labute approximate surface area is 149 Å². The van der Waals surface area contributed by atoms with E-state index in [4.69, 9.17) is 4.74 Å². The molecule has 1 aliphatic heterocycles. The predicted octanol–water partition coefficient (Wildman–Crippen LogP) is 2.34. The zero-order valence-electron chi connectivity index (χ0n) is 15.3. The van der Waals surface area contributed by atoms with Gasteiger partial charge in [-0.1, -0.05) is 29.8 Å². The van der Waals surface area contributed by atoms with Gasteiger partial charge in [-0.15, -0.1) is 0 Å². The zero-order chi connectivity index (χ0) is 17.6. The Balaban J connectivity index is 1.75. The molecule has 2 aromatic rings. The van der Waals surface area contributed by atoms with Crippen molar-refractivity contribution in [3.8, 4) is 0 Å². The van der Waals surface area contributed by atoms with Gasteiger partial charge in [-0.2, -0.15) is 4.98 Å². The summed E-state index contributed by atoms with van der Waals surface area (Å²) in [6, 6.07) is 11.0. The molecule has 6 nitrogen and oxygen atoms in total. The monoisotopic (exact) mass is 341 g/mol. The summed E-state index contributed by atoms with van der Waals surface area (Å²) >= 11 is 0. The number of hydrogen-bond donors (Lipinski definition) is 1. The molecule has 25 heavy (non-hydrogen) atoms.